The molecule has 2 atom stereocenters. The number of hydrogen-bond acceptors (Lipinski definition) is 5. The lowest BCUT2D eigenvalue weighted by Gasteiger charge is -2.38. The van der Waals surface area contributed by atoms with Gasteiger partial charge in [0.15, 0.2) is 0 Å². The molecule has 0 radical (unpaired) electrons. The molecule has 1 fully saturated rings. The normalized spacial score (nSPS) is 22.1. The number of phenols is 2. The van der Waals surface area contributed by atoms with Gasteiger partial charge in [-0.05, 0) is 24.6 Å². The molecule has 0 aromatic heterocycles. The number of aromatic hydroxyl groups is 2. The van der Waals surface area contributed by atoms with Crippen LogP contribution >= 0.6 is 0 Å². The molecule has 6 heteroatoms. The van der Waals surface area contributed by atoms with Crippen LogP contribution in [0.5, 0.6) is 11.5 Å². The molecule has 1 aromatic rings. The zero-order valence-electron chi connectivity index (χ0n) is 10.8. The number of phenolic OH excluding ortho intramolecular Hbond substituents is 2. The van der Waals surface area contributed by atoms with Crippen LogP contribution in [0.15, 0.2) is 18.2 Å². The Bertz CT molecular complexity index is 458. The second-order valence-electron chi connectivity index (χ2n) is 4.82. The summed E-state index contributed by atoms with van der Waals surface area (Å²) in [5, 5.41) is 22.2. The average molecular weight is 265 g/mol. The molecule has 6 nitrogen and oxygen atoms in total. The molecule has 0 aliphatic carbocycles. The first-order valence-electron chi connectivity index (χ1n) is 6.27. The third kappa shape index (κ3) is 2.97. The SMILES string of the molecule is CC(c1cc(O)cc(O)c1)N1CCNCC1C(N)=O. The van der Waals surface area contributed by atoms with Gasteiger partial charge in [-0.15, -0.1) is 0 Å². The second kappa shape index (κ2) is 5.46. The average Bonchev–Trinajstić information content (AvgIpc) is 2.36. The molecule has 1 aliphatic rings. The third-order valence-electron chi connectivity index (χ3n) is 3.52. The predicted molar refractivity (Wildman–Crippen MR) is 70.7 cm³/mol. The van der Waals surface area contributed by atoms with Gasteiger partial charge in [0, 0.05) is 31.7 Å². The van der Waals surface area contributed by atoms with Gasteiger partial charge in [0.1, 0.15) is 17.5 Å². The Hall–Kier alpha value is -1.79. The number of hydrogen-bond donors (Lipinski definition) is 4. The second-order valence-corrected chi connectivity index (χ2v) is 4.82. The van der Waals surface area contributed by atoms with Crippen molar-refractivity contribution in [3.63, 3.8) is 0 Å². The van der Waals surface area contributed by atoms with Crippen LogP contribution in [0, 0.1) is 0 Å². The zero-order valence-corrected chi connectivity index (χ0v) is 10.8. The molecule has 2 rings (SSSR count). The van der Waals surface area contributed by atoms with Crippen LogP contribution in [0.25, 0.3) is 0 Å². The van der Waals surface area contributed by atoms with Gasteiger partial charge in [0.05, 0.1) is 0 Å². The van der Waals surface area contributed by atoms with E-state index in [4.69, 9.17) is 5.73 Å². The highest BCUT2D eigenvalue weighted by molar-refractivity contribution is 5.80. The van der Waals surface area contributed by atoms with Crippen LogP contribution in [-0.4, -0.2) is 46.7 Å². The fourth-order valence-electron chi connectivity index (χ4n) is 2.50. The highest BCUT2D eigenvalue weighted by atomic mass is 16.3. The zero-order chi connectivity index (χ0) is 14.0. The van der Waals surface area contributed by atoms with E-state index in [9.17, 15) is 15.0 Å². The summed E-state index contributed by atoms with van der Waals surface area (Å²) in [5.41, 5.74) is 6.17. The number of nitrogens with two attached hydrogens (primary N) is 1. The van der Waals surface area contributed by atoms with Crippen LogP contribution < -0.4 is 11.1 Å². The maximum Gasteiger partial charge on any atom is 0.236 e. The van der Waals surface area contributed by atoms with E-state index in [2.05, 4.69) is 5.32 Å². The monoisotopic (exact) mass is 265 g/mol. The van der Waals surface area contributed by atoms with E-state index in [1.807, 2.05) is 11.8 Å². The fourth-order valence-corrected chi connectivity index (χ4v) is 2.50. The third-order valence-corrected chi connectivity index (χ3v) is 3.52. The summed E-state index contributed by atoms with van der Waals surface area (Å²) < 4.78 is 0. The molecule has 1 saturated heterocycles. The quantitative estimate of drug-likeness (QED) is 0.612. The first-order valence-corrected chi connectivity index (χ1v) is 6.27. The Morgan fingerprint density at radius 2 is 2.05 bits per heavy atom. The number of primary amides is 1. The summed E-state index contributed by atoms with van der Waals surface area (Å²) in [4.78, 5) is 13.5. The van der Waals surface area contributed by atoms with Crippen LogP contribution in [-0.2, 0) is 4.79 Å². The van der Waals surface area contributed by atoms with Crippen molar-refractivity contribution < 1.29 is 15.0 Å². The van der Waals surface area contributed by atoms with Crippen molar-refractivity contribution in [2.24, 2.45) is 5.73 Å². The molecule has 2 unspecified atom stereocenters. The van der Waals surface area contributed by atoms with E-state index < -0.39 is 0 Å². The lowest BCUT2D eigenvalue weighted by Crippen LogP contribution is -2.57. The van der Waals surface area contributed by atoms with Gasteiger partial charge in [0.2, 0.25) is 5.91 Å². The van der Waals surface area contributed by atoms with Crippen LogP contribution in [0.4, 0.5) is 0 Å². The molecule has 5 N–H and O–H groups in total. The topological polar surface area (TPSA) is 98.8 Å². The fraction of sp³-hybridized carbons (Fsp3) is 0.462. The van der Waals surface area contributed by atoms with E-state index in [0.717, 1.165) is 12.1 Å². The smallest absolute Gasteiger partial charge is 0.236 e. The number of carbonyl (C=O) groups is 1. The Labute approximate surface area is 111 Å². The number of nitrogens with one attached hydrogen (secondary N) is 1. The molecule has 1 heterocycles. The molecule has 1 amide bonds. The number of carbonyl (C=O) groups excluding carboxylic acids is 1. The van der Waals surface area contributed by atoms with Crippen molar-refractivity contribution in [2.45, 2.75) is 19.0 Å². The minimum atomic E-state index is -0.381. The molecule has 1 aliphatic heterocycles. The van der Waals surface area contributed by atoms with E-state index in [1.54, 1.807) is 12.1 Å². The Balaban J connectivity index is 2.25. The Morgan fingerprint density at radius 1 is 1.42 bits per heavy atom. The van der Waals surface area contributed by atoms with Gasteiger partial charge in [-0.1, -0.05) is 0 Å². The number of nitrogens with zero attached hydrogens (tertiary/aromatic N) is 1. The maximum atomic E-state index is 11.5. The summed E-state index contributed by atoms with van der Waals surface area (Å²) in [6.45, 7) is 3.91. The van der Waals surface area contributed by atoms with Crippen molar-refractivity contribution in [2.75, 3.05) is 19.6 Å². The van der Waals surface area contributed by atoms with E-state index >= 15 is 0 Å². The predicted octanol–water partition coefficient (Wildman–Crippen LogP) is -0.0821. The van der Waals surface area contributed by atoms with Gasteiger partial charge >= 0.3 is 0 Å². The van der Waals surface area contributed by atoms with Crippen LogP contribution in [0.2, 0.25) is 0 Å². The largest absolute Gasteiger partial charge is 0.508 e. The lowest BCUT2D eigenvalue weighted by molar-refractivity contribution is -0.124. The van der Waals surface area contributed by atoms with Crippen LogP contribution in [0.1, 0.15) is 18.5 Å². The summed E-state index contributed by atoms with van der Waals surface area (Å²) in [6, 6.07) is 3.96. The maximum absolute atomic E-state index is 11.5. The molecule has 1 aromatic carbocycles. The van der Waals surface area contributed by atoms with Gasteiger partial charge < -0.3 is 21.3 Å². The Morgan fingerprint density at radius 3 is 2.63 bits per heavy atom. The molecule has 0 spiro atoms. The summed E-state index contributed by atoms with van der Waals surface area (Å²) in [5.74, 6) is -0.358. The number of benzene rings is 1. The minimum Gasteiger partial charge on any atom is -0.508 e. The van der Waals surface area contributed by atoms with E-state index in [1.165, 1.54) is 6.07 Å². The van der Waals surface area contributed by atoms with Crippen molar-refractivity contribution in [3.05, 3.63) is 23.8 Å². The van der Waals surface area contributed by atoms with Gasteiger partial charge in [-0.2, -0.15) is 0 Å². The highest BCUT2D eigenvalue weighted by Gasteiger charge is 2.31. The van der Waals surface area contributed by atoms with Crippen molar-refractivity contribution >= 4 is 5.91 Å². The number of piperazine rings is 1. The summed E-state index contributed by atoms with van der Waals surface area (Å²) in [6.07, 6.45) is 0. The number of rotatable bonds is 3. The minimum absolute atomic E-state index is 0.00705. The highest BCUT2D eigenvalue weighted by Crippen LogP contribution is 2.29. The van der Waals surface area contributed by atoms with Crippen molar-refractivity contribution in [3.8, 4) is 11.5 Å². The van der Waals surface area contributed by atoms with Crippen LogP contribution in [0.3, 0.4) is 0 Å². The molecular formula is C13H19N3O3. The Kier molecular flexibility index (Phi) is 3.92. The van der Waals surface area contributed by atoms with Gasteiger partial charge in [0.25, 0.3) is 0 Å². The van der Waals surface area contributed by atoms with E-state index in [-0.39, 0.29) is 29.5 Å². The van der Waals surface area contributed by atoms with Crippen molar-refractivity contribution in [1.82, 2.24) is 10.2 Å². The number of amides is 1. The van der Waals surface area contributed by atoms with Gasteiger partial charge in [-0.25, -0.2) is 0 Å². The first kappa shape index (κ1) is 13.6. The summed E-state index contributed by atoms with van der Waals surface area (Å²) in [7, 11) is 0. The summed E-state index contributed by atoms with van der Waals surface area (Å²) >= 11 is 0. The van der Waals surface area contributed by atoms with Crippen molar-refractivity contribution in [1.29, 1.82) is 0 Å². The van der Waals surface area contributed by atoms with E-state index in [0.29, 0.717) is 13.1 Å². The molecular weight excluding hydrogens is 246 g/mol. The first-order chi connectivity index (χ1) is 8.99. The molecule has 19 heavy (non-hydrogen) atoms. The molecule has 0 bridgehead atoms. The standard InChI is InChI=1S/C13H19N3O3/c1-8(9-4-10(17)6-11(18)5-9)16-3-2-15-7-12(16)13(14)19/h4-6,8,12,15,17-18H,2-3,7H2,1H3,(H2,14,19). The van der Waals surface area contributed by atoms with Gasteiger partial charge in [-0.3, -0.25) is 9.69 Å². The molecule has 104 valence electrons. The molecule has 0 saturated carbocycles. The lowest BCUT2D eigenvalue weighted by atomic mass is 10.0.